The molecule has 2 N–H and O–H groups in total. The molecule has 0 aromatic heterocycles. The molecule has 2 aliphatic heterocycles. The first-order valence-corrected chi connectivity index (χ1v) is 14.1. The van der Waals surface area contributed by atoms with Crippen molar-refractivity contribution in [3.05, 3.63) is 70.8 Å². The highest BCUT2D eigenvalue weighted by Crippen LogP contribution is 2.46. The van der Waals surface area contributed by atoms with Crippen molar-refractivity contribution in [1.29, 1.82) is 0 Å². The van der Waals surface area contributed by atoms with E-state index in [4.69, 9.17) is 5.84 Å². The minimum Gasteiger partial charge on any atom is -0.271 e. The maximum absolute atomic E-state index is 14.0. The third-order valence-electron chi connectivity index (χ3n) is 8.85. The standard InChI is InChI=1S/C33H29N3O4/c1-3-5-7-17(8-6-4-2)35-30(37)22-13-9-18-20-11-15-24-29-25(33(40)36(34)32(24)39)16-12-21(27(20)29)19-10-14-23(31(35)38)28(22)26(18)19/h9-17H,3-8,34H2,1-2H3. The van der Waals surface area contributed by atoms with Crippen molar-refractivity contribution in [2.24, 2.45) is 5.84 Å². The zero-order chi connectivity index (χ0) is 27.9. The largest absolute Gasteiger partial charge is 0.275 e. The molecule has 0 fully saturated rings. The van der Waals surface area contributed by atoms with Gasteiger partial charge in [0.25, 0.3) is 23.6 Å². The first kappa shape index (κ1) is 24.7. The van der Waals surface area contributed by atoms with Crippen LogP contribution < -0.4 is 5.84 Å². The van der Waals surface area contributed by atoms with Crippen LogP contribution in [0.4, 0.5) is 0 Å². The molecule has 5 aromatic carbocycles. The fourth-order valence-corrected chi connectivity index (χ4v) is 6.92. The van der Waals surface area contributed by atoms with E-state index in [2.05, 4.69) is 13.8 Å². The lowest BCUT2D eigenvalue weighted by Gasteiger charge is -2.34. The van der Waals surface area contributed by atoms with Gasteiger partial charge in [-0.15, -0.1) is 0 Å². The Balaban J connectivity index is 1.51. The van der Waals surface area contributed by atoms with Crippen molar-refractivity contribution in [3.63, 3.8) is 0 Å². The van der Waals surface area contributed by atoms with Crippen LogP contribution in [0.25, 0.3) is 43.1 Å². The minimum absolute atomic E-state index is 0.121. The summed E-state index contributed by atoms with van der Waals surface area (Å²) in [6, 6.07) is 14.6. The van der Waals surface area contributed by atoms with Crippen LogP contribution in [0.3, 0.4) is 0 Å². The molecule has 200 valence electrons. The number of amides is 4. The highest BCUT2D eigenvalue weighted by Gasteiger charge is 2.38. The summed E-state index contributed by atoms with van der Waals surface area (Å²) in [5.41, 5.74) is 1.87. The third kappa shape index (κ3) is 3.09. The van der Waals surface area contributed by atoms with Crippen molar-refractivity contribution in [2.75, 3.05) is 0 Å². The Hall–Kier alpha value is -4.36. The Morgan fingerprint density at radius 3 is 1.25 bits per heavy atom. The molecule has 0 saturated heterocycles. The number of nitrogens with two attached hydrogens (primary N) is 1. The molecule has 40 heavy (non-hydrogen) atoms. The zero-order valence-electron chi connectivity index (χ0n) is 22.5. The normalized spacial score (nSPS) is 15.3. The van der Waals surface area contributed by atoms with Gasteiger partial charge in [0.1, 0.15) is 0 Å². The van der Waals surface area contributed by atoms with Gasteiger partial charge >= 0.3 is 0 Å². The number of imide groups is 2. The first-order valence-electron chi connectivity index (χ1n) is 14.1. The zero-order valence-corrected chi connectivity index (χ0v) is 22.5. The third-order valence-corrected chi connectivity index (χ3v) is 8.85. The van der Waals surface area contributed by atoms with Gasteiger partial charge in [0, 0.05) is 27.9 Å². The van der Waals surface area contributed by atoms with Crippen molar-refractivity contribution in [3.8, 4) is 0 Å². The quantitative estimate of drug-likeness (QED) is 0.0844. The van der Waals surface area contributed by atoms with E-state index < -0.39 is 11.8 Å². The lowest BCUT2D eigenvalue weighted by molar-refractivity contribution is 0.0515. The van der Waals surface area contributed by atoms with Crippen LogP contribution in [-0.4, -0.2) is 39.6 Å². The Morgan fingerprint density at radius 1 is 0.550 bits per heavy atom. The van der Waals surface area contributed by atoms with E-state index >= 15 is 0 Å². The number of fused-ring (bicyclic) bond motifs is 2. The summed E-state index contributed by atoms with van der Waals surface area (Å²) in [5, 5.41) is 7.11. The molecule has 0 aliphatic carbocycles. The van der Waals surface area contributed by atoms with E-state index in [0.717, 1.165) is 70.8 Å². The molecule has 7 heteroatoms. The lowest BCUT2D eigenvalue weighted by Crippen LogP contribution is -2.47. The summed E-state index contributed by atoms with van der Waals surface area (Å²) in [7, 11) is 0. The lowest BCUT2D eigenvalue weighted by atomic mass is 9.82. The predicted molar refractivity (Wildman–Crippen MR) is 156 cm³/mol. The average molecular weight is 532 g/mol. The molecule has 0 radical (unpaired) electrons. The number of carbonyl (C=O) groups excluding carboxylic acids is 4. The summed E-state index contributed by atoms with van der Waals surface area (Å²) in [6.07, 6.45) is 5.55. The molecule has 4 amide bonds. The van der Waals surface area contributed by atoms with Crippen molar-refractivity contribution in [1.82, 2.24) is 9.91 Å². The summed E-state index contributed by atoms with van der Waals surface area (Å²) in [6.45, 7) is 4.25. The van der Waals surface area contributed by atoms with Gasteiger partial charge in [-0.2, -0.15) is 0 Å². The summed E-state index contributed by atoms with van der Waals surface area (Å²) >= 11 is 0. The number of unbranched alkanes of at least 4 members (excludes halogenated alkanes) is 2. The van der Waals surface area contributed by atoms with Crippen molar-refractivity contribution in [2.45, 2.75) is 58.4 Å². The molecule has 2 heterocycles. The summed E-state index contributed by atoms with van der Waals surface area (Å²) in [4.78, 5) is 55.3. The van der Waals surface area contributed by atoms with Gasteiger partial charge in [-0.05, 0) is 69.4 Å². The van der Waals surface area contributed by atoms with E-state index in [1.165, 1.54) is 4.90 Å². The van der Waals surface area contributed by atoms with E-state index in [-0.39, 0.29) is 17.9 Å². The van der Waals surface area contributed by atoms with E-state index in [1.54, 1.807) is 12.1 Å². The number of benzene rings is 5. The minimum atomic E-state index is -0.533. The van der Waals surface area contributed by atoms with Gasteiger partial charge in [0.2, 0.25) is 0 Å². The molecule has 7 rings (SSSR count). The van der Waals surface area contributed by atoms with Gasteiger partial charge in [-0.25, -0.2) is 10.9 Å². The highest BCUT2D eigenvalue weighted by molar-refractivity contribution is 6.41. The van der Waals surface area contributed by atoms with Gasteiger partial charge < -0.3 is 0 Å². The van der Waals surface area contributed by atoms with E-state index in [9.17, 15) is 19.2 Å². The van der Waals surface area contributed by atoms with Gasteiger partial charge in [0.05, 0.1) is 11.1 Å². The first-order chi connectivity index (χ1) is 19.4. The second kappa shape index (κ2) is 8.83. The summed E-state index contributed by atoms with van der Waals surface area (Å²) < 4.78 is 0. The topological polar surface area (TPSA) is 101 Å². The molecule has 7 nitrogen and oxygen atoms in total. The summed E-state index contributed by atoms with van der Waals surface area (Å²) in [5.74, 6) is 4.28. The van der Waals surface area contributed by atoms with Crippen LogP contribution in [0.15, 0.2) is 48.5 Å². The van der Waals surface area contributed by atoms with Gasteiger partial charge in [-0.1, -0.05) is 63.8 Å². The molecule has 0 bridgehead atoms. The molecule has 5 aromatic rings. The Kier molecular flexibility index (Phi) is 5.44. The Labute approximate surface area is 230 Å². The average Bonchev–Trinajstić information content (AvgIpc) is 2.97. The number of nitrogens with zero attached hydrogens (tertiary/aromatic N) is 2. The smallest absolute Gasteiger partial charge is 0.271 e. The van der Waals surface area contributed by atoms with Crippen LogP contribution in [0, 0.1) is 0 Å². The van der Waals surface area contributed by atoms with E-state index in [0.29, 0.717) is 38.0 Å². The monoisotopic (exact) mass is 531 g/mol. The van der Waals surface area contributed by atoms with Crippen LogP contribution in [0.5, 0.6) is 0 Å². The van der Waals surface area contributed by atoms with Crippen molar-refractivity contribution < 1.29 is 19.2 Å². The van der Waals surface area contributed by atoms with Gasteiger partial charge in [0.15, 0.2) is 0 Å². The van der Waals surface area contributed by atoms with E-state index in [1.807, 2.05) is 36.4 Å². The molecule has 2 aliphatic rings. The van der Waals surface area contributed by atoms with Crippen molar-refractivity contribution >= 4 is 66.7 Å². The van der Waals surface area contributed by atoms with Crippen LogP contribution >= 0.6 is 0 Å². The SMILES string of the molecule is CCCCC(CCCC)N1C(=O)c2ccc3c4ccc5c6c(ccc(c7ccc(c2c37)C1=O)c64)C(=O)N(N)C5=O. The molecular formula is C33H29N3O4. The fourth-order valence-electron chi connectivity index (χ4n) is 6.92. The molecule has 0 spiro atoms. The molecular weight excluding hydrogens is 502 g/mol. The number of rotatable bonds is 7. The number of hydrogen-bond acceptors (Lipinski definition) is 5. The van der Waals surface area contributed by atoms with Crippen LogP contribution in [0.2, 0.25) is 0 Å². The predicted octanol–water partition coefficient (Wildman–Crippen LogP) is 6.55. The molecule has 0 saturated carbocycles. The molecule has 0 atom stereocenters. The second-order valence-electron chi connectivity index (χ2n) is 11.0. The Morgan fingerprint density at radius 2 is 0.900 bits per heavy atom. The number of carbonyl (C=O) groups is 4. The van der Waals surface area contributed by atoms with Crippen LogP contribution in [0.1, 0.15) is 93.8 Å². The second-order valence-corrected chi connectivity index (χ2v) is 11.0. The highest BCUT2D eigenvalue weighted by atomic mass is 16.2. The maximum Gasteiger partial charge on any atom is 0.275 e. The molecule has 0 unspecified atom stereocenters. The Bertz CT molecular complexity index is 1810. The number of hydrazine groups is 1. The fraction of sp³-hybridized carbons (Fsp3) is 0.273. The maximum atomic E-state index is 14.0. The number of hydrogen-bond donors (Lipinski definition) is 1. The van der Waals surface area contributed by atoms with Gasteiger partial charge in [-0.3, -0.25) is 24.1 Å². The van der Waals surface area contributed by atoms with Crippen LogP contribution in [-0.2, 0) is 0 Å².